The minimum absolute atomic E-state index is 0.262. The van der Waals surface area contributed by atoms with E-state index in [1.165, 1.54) is 7.11 Å². The van der Waals surface area contributed by atoms with E-state index in [4.69, 9.17) is 16.2 Å². The zero-order valence-electron chi connectivity index (χ0n) is 12.0. The highest BCUT2D eigenvalue weighted by Crippen LogP contribution is 2.27. The first kappa shape index (κ1) is 17.1. The van der Waals surface area contributed by atoms with Crippen molar-refractivity contribution in [1.29, 1.82) is 0 Å². The fourth-order valence-corrected chi connectivity index (χ4v) is 2.11. The van der Waals surface area contributed by atoms with E-state index in [0.29, 0.717) is 23.5 Å². The van der Waals surface area contributed by atoms with Gasteiger partial charge in [0.1, 0.15) is 5.75 Å². The number of hydrogen-bond acceptors (Lipinski definition) is 5. The first-order valence-electron chi connectivity index (χ1n) is 6.27. The van der Waals surface area contributed by atoms with Crippen LogP contribution in [0.25, 0.3) is 0 Å². The van der Waals surface area contributed by atoms with Gasteiger partial charge in [-0.05, 0) is 30.6 Å². The highest BCUT2D eigenvalue weighted by Gasteiger charge is 2.14. The molecule has 0 aliphatic carbocycles. The number of hydrogen-bond donors (Lipinski definition) is 4. The van der Waals surface area contributed by atoms with Crippen LogP contribution in [0.1, 0.15) is 6.42 Å². The Kier molecular flexibility index (Phi) is 6.83. The smallest absolute Gasteiger partial charge is 0.316 e. The summed E-state index contributed by atoms with van der Waals surface area (Å²) in [5, 5.41) is 5.14. The molecule has 1 atom stereocenters. The van der Waals surface area contributed by atoms with Gasteiger partial charge in [-0.3, -0.25) is 4.79 Å². The van der Waals surface area contributed by atoms with Crippen molar-refractivity contribution in [3.8, 4) is 5.75 Å². The van der Waals surface area contributed by atoms with Gasteiger partial charge in [0.25, 0.3) is 0 Å². The van der Waals surface area contributed by atoms with Crippen LogP contribution in [-0.2, 0) is 4.79 Å². The van der Waals surface area contributed by atoms with Crippen LogP contribution in [0.2, 0.25) is 0 Å². The minimum Gasteiger partial charge on any atom is -0.494 e. The van der Waals surface area contributed by atoms with Crippen LogP contribution in [0, 0.1) is 0 Å². The second-order valence-electron chi connectivity index (χ2n) is 4.28. The highest BCUT2D eigenvalue weighted by molar-refractivity contribution is 7.98. The van der Waals surface area contributed by atoms with Crippen LogP contribution >= 0.6 is 11.8 Å². The van der Waals surface area contributed by atoms with E-state index in [0.717, 1.165) is 5.75 Å². The van der Waals surface area contributed by atoms with E-state index >= 15 is 0 Å². The molecule has 0 spiro atoms. The van der Waals surface area contributed by atoms with E-state index in [-0.39, 0.29) is 5.91 Å². The molecule has 3 amide bonds. The van der Waals surface area contributed by atoms with Gasteiger partial charge in [0.05, 0.1) is 18.8 Å². The Morgan fingerprint density at radius 2 is 2.10 bits per heavy atom. The van der Waals surface area contributed by atoms with Crippen LogP contribution in [0.5, 0.6) is 5.75 Å². The van der Waals surface area contributed by atoms with Crippen LogP contribution in [-0.4, -0.2) is 37.1 Å². The second-order valence-corrected chi connectivity index (χ2v) is 5.27. The van der Waals surface area contributed by atoms with Crippen LogP contribution < -0.4 is 26.8 Å². The van der Waals surface area contributed by atoms with E-state index in [9.17, 15) is 9.59 Å². The minimum atomic E-state index is -0.691. The summed E-state index contributed by atoms with van der Waals surface area (Å²) in [6.07, 6.45) is 2.56. The molecule has 0 saturated heterocycles. The van der Waals surface area contributed by atoms with Crippen molar-refractivity contribution in [3.05, 3.63) is 18.2 Å². The Morgan fingerprint density at radius 1 is 1.38 bits per heavy atom. The second kappa shape index (κ2) is 8.38. The molecule has 0 unspecified atom stereocenters. The van der Waals surface area contributed by atoms with Gasteiger partial charge in [0.15, 0.2) is 0 Å². The van der Waals surface area contributed by atoms with Gasteiger partial charge in [-0.2, -0.15) is 11.8 Å². The quantitative estimate of drug-likeness (QED) is 0.603. The molecule has 0 aromatic heterocycles. The van der Waals surface area contributed by atoms with Gasteiger partial charge in [-0.1, -0.05) is 0 Å². The molecule has 0 fully saturated rings. The van der Waals surface area contributed by atoms with Crippen LogP contribution in [0.3, 0.4) is 0 Å². The molecule has 0 aliphatic rings. The molecule has 0 aliphatic heterocycles. The lowest BCUT2D eigenvalue weighted by Gasteiger charge is -2.14. The molecule has 7 nitrogen and oxygen atoms in total. The summed E-state index contributed by atoms with van der Waals surface area (Å²) in [6.45, 7) is 0. The highest BCUT2D eigenvalue weighted by atomic mass is 32.2. The third kappa shape index (κ3) is 5.52. The molecular formula is C13H20N4O3S. The van der Waals surface area contributed by atoms with Crippen molar-refractivity contribution in [2.24, 2.45) is 11.5 Å². The average Bonchev–Trinajstić information content (AvgIpc) is 2.45. The van der Waals surface area contributed by atoms with Gasteiger partial charge in [0, 0.05) is 11.8 Å². The normalized spacial score (nSPS) is 11.6. The number of rotatable bonds is 7. The van der Waals surface area contributed by atoms with Crippen molar-refractivity contribution < 1.29 is 14.3 Å². The van der Waals surface area contributed by atoms with Gasteiger partial charge in [0.2, 0.25) is 5.91 Å². The Hall–Kier alpha value is -1.93. The molecule has 0 radical (unpaired) electrons. The number of anilines is 2. The SMILES string of the molecule is COc1cc(NC(=O)[C@@H](N)CCSC)ccc1NC(N)=O. The van der Waals surface area contributed by atoms with Crippen molar-refractivity contribution in [2.45, 2.75) is 12.5 Å². The van der Waals surface area contributed by atoms with E-state index in [1.54, 1.807) is 30.0 Å². The third-order valence-corrected chi connectivity index (χ3v) is 3.34. The molecule has 1 rings (SSSR count). The summed E-state index contributed by atoms with van der Waals surface area (Å²) in [6, 6.07) is 3.56. The van der Waals surface area contributed by atoms with Crippen molar-refractivity contribution in [3.63, 3.8) is 0 Å². The lowest BCUT2D eigenvalue weighted by molar-refractivity contribution is -0.117. The fraction of sp³-hybridized carbons (Fsp3) is 0.385. The Morgan fingerprint density at radius 3 is 2.67 bits per heavy atom. The number of methoxy groups -OCH3 is 1. The van der Waals surface area contributed by atoms with Crippen molar-refractivity contribution >= 4 is 35.1 Å². The zero-order valence-corrected chi connectivity index (χ0v) is 12.8. The molecule has 0 heterocycles. The summed E-state index contributed by atoms with van der Waals surface area (Å²) in [5.74, 6) is 0.949. The van der Waals surface area contributed by atoms with Gasteiger partial charge < -0.3 is 26.8 Å². The van der Waals surface area contributed by atoms with E-state index in [1.807, 2.05) is 6.26 Å². The predicted molar refractivity (Wildman–Crippen MR) is 85.8 cm³/mol. The Bertz CT molecular complexity index is 510. The summed E-state index contributed by atoms with van der Waals surface area (Å²) in [5.41, 5.74) is 11.8. The molecule has 0 saturated carbocycles. The van der Waals surface area contributed by atoms with Crippen molar-refractivity contribution in [1.82, 2.24) is 0 Å². The number of urea groups is 1. The molecule has 1 aromatic carbocycles. The van der Waals surface area contributed by atoms with Crippen LogP contribution in [0.4, 0.5) is 16.2 Å². The Balaban J connectivity index is 2.76. The first-order valence-corrected chi connectivity index (χ1v) is 7.67. The molecule has 21 heavy (non-hydrogen) atoms. The maximum atomic E-state index is 11.9. The number of amides is 3. The number of benzene rings is 1. The first-order chi connectivity index (χ1) is 9.97. The number of carbonyl (C=O) groups excluding carboxylic acids is 2. The molecule has 6 N–H and O–H groups in total. The standard InChI is InChI=1S/C13H20N4O3S/c1-20-11-7-8(3-4-10(11)17-13(15)19)16-12(18)9(14)5-6-21-2/h3-4,7,9H,5-6,14H2,1-2H3,(H,16,18)(H3,15,17,19)/t9-/m0/s1. The number of ether oxygens (including phenoxy) is 1. The monoisotopic (exact) mass is 312 g/mol. The molecule has 8 heteroatoms. The lowest BCUT2D eigenvalue weighted by Crippen LogP contribution is -2.36. The van der Waals surface area contributed by atoms with Gasteiger partial charge >= 0.3 is 6.03 Å². The van der Waals surface area contributed by atoms with Gasteiger partial charge in [-0.25, -0.2) is 4.79 Å². The summed E-state index contributed by atoms with van der Waals surface area (Å²) in [4.78, 5) is 22.8. The maximum absolute atomic E-state index is 11.9. The van der Waals surface area contributed by atoms with Gasteiger partial charge in [-0.15, -0.1) is 0 Å². The topological polar surface area (TPSA) is 119 Å². The summed E-state index contributed by atoms with van der Waals surface area (Å²) in [7, 11) is 1.46. The number of nitrogens with one attached hydrogen (secondary N) is 2. The lowest BCUT2D eigenvalue weighted by atomic mass is 10.2. The molecule has 1 aromatic rings. The number of nitrogens with two attached hydrogens (primary N) is 2. The average molecular weight is 312 g/mol. The number of primary amides is 1. The number of thioether (sulfide) groups is 1. The Labute approximate surface area is 127 Å². The largest absolute Gasteiger partial charge is 0.494 e. The summed E-state index contributed by atoms with van der Waals surface area (Å²) < 4.78 is 5.14. The van der Waals surface area contributed by atoms with Crippen molar-refractivity contribution in [2.75, 3.05) is 29.8 Å². The third-order valence-electron chi connectivity index (χ3n) is 2.70. The predicted octanol–water partition coefficient (Wildman–Crippen LogP) is 1.20. The van der Waals surface area contributed by atoms with E-state index in [2.05, 4.69) is 10.6 Å². The molecular weight excluding hydrogens is 292 g/mol. The molecule has 116 valence electrons. The van der Waals surface area contributed by atoms with Crippen LogP contribution in [0.15, 0.2) is 18.2 Å². The van der Waals surface area contributed by atoms with E-state index < -0.39 is 12.1 Å². The maximum Gasteiger partial charge on any atom is 0.316 e. The molecule has 0 bridgehead atoms. The fourth-order valence-electron chi connectivity index (χ4n) is 1.62. The number of carbonyl (C=O) groups is 2. The zero-order chi connectivity index (χ0) is 15.8. The summed E-state index contributed by atoms with van der Waals surface area (Å²) >= 11 is 1.64.